The monoisotopic (exact) mass is 580 g/mol. The number of aryl methyl sites for hydroxylation is 3. The van der Waals surface area contributed by atoms with E-state index in [2.05, 4.69) is 21.5 Å². The molecule has 3 aromatic heterocycles. The standard InChI is InChI=1S/C32H26F2N6O3/c1-16-11-24-20(8-10-39(24)31(42)19(4)33)12-22(16)29-27(28(30(35)41)25-14-37-18(3)15-40(25)29)21-5-6-26(23(34)13-21)43-32-36-9-7-17(2)38-32/h5-7,9,11-15H,4,8,10H2,1-3H3,(H2,35,41). The third-order valence-electron chi connectivity index (χ3n) is 7.44. The second-order valence-corrected chi connectivity index (χ2v) is 10.4. The Hall–Kier alpha value is -5.45. The molecule has 5 aromatic rings. The lowest BCUT2D eigenvalue weighted by atomic mass is 9.93. The van der Waals surface area contributed by atoms with Crippen molar-refractivity contribution < 1.29 is 23.1 Å². The van der Waals surface area contributed by atoms with Crippen molar-refractivity contribution in [2.45, 2.75) is 27.2 Å². The van der Waals surface area contributed by atoms with E-state index < -0.39 is 23.5 Å². The smallest absolute Gasteiger partial charge is 0.322 e. The minimum Gasteiger partial charge on any atom is -0.421 e. The van der Waals surface area contributed by atoms with Crippen molar-refractivity contribution in [3.8, 4) is 34.1 Å². The van der Waals surface area contributed by atoms with Gasteiger partial charge in [-0.3, -0.25) is 14.6 Å². The van der Waals surface area contributed by atoms with Crippen LogP contribution in [0.3, 0.4) is 0 Å². The molecule has 0 radical (unpaired) electrons. The molecule has 6 rings (SSSR count). The molecule has 0 fully saturated rings. The predicted octanol–water partition coefficient (Wildman–Crippen LogP) is 5.79. The summed E-state index contributed by atoms with van der Waals surface area (Å²) in [5, 5.41) is 0. The van der Waals surface area contributed by atoms with Crippen molar-refractivity contribution in [3.63, 3.8) is 0 Å². The highest BCUT2D eigenvalue weighted by molar-refractivity contribution is 6.11. The van der Waals surface area contributed by atoms with Gasteiger partial charge in [-0.2, -0.15) is 0 Å². The van der Waals surface area contributed by atoms with Gasteiger partial charge in [-0.1, -0.05) is 12.6 Å². The average molecular weight is 581 g/mol. The number of fused-ring (bicyclic) bond motifs is 2. The number of benzene rings is 2. The Balaban J connectivity index is 1.56. The Morgan fingerprint density at radius 2 is 1.86 bits per heavy atom. The van der Waals surface area contributed by atoms with Crippen LogP contribution in [-0.2, 0) is 11.2 Å². The van der Waals surface area contributed by atoms with Crippen molar-refractivity contribution in [2.24, 2.45) is 5.73 Å². The first kappa shape index (κ1) is 27.7. The maximum Gasteiger partial charge on any atom is 0.322 e. The molecule has 0 atom stereocenters. The number of carbonyl (C=O) groups excluding carboxylic acids is 2. The first-order valence-corrected chi connectivity index (χ1v) is 13.4. The lowest BCUT2D eigenvalue weighted by Gasteiger charge is -2.18. The lowest BCUT2D eigenvalue weighted by molar-refractivity contribution is -0.116. The molecule has 0 spiro atoms. The number of aromatic nitrogens is 4. The van der Waals surface area contributed by atoms with Gasteiger partial charge >= 0.3 is 6.01 Å². The highest BCUT2D eigenvalue weighted by Gasteiger charge is 2.30. The Kier molecular flexibility index (Phi) is 6.72. The normalized spacial score (nSPS) is 12.4. The quantitative estimate of drug-likeness (QED) is 0.254. The highest BCUT2D eigenvalue weighted by atomic mass is 19.1. The summed E-state index contributed by atoms with van der Waals surface area (Å²) in [6, 6.07) is 9.76. The maximum absolute atomic E-state index is 15.6. The number of amides is 2. The average Bonchev–Trinajstić information content (AvgIpc) is 3.51. The molecular formula is C32H26F2N6O3. The molecule has 2 aromatic carbocycles. The summed E-state index contributed by atoms with van der Waals surface area (Å²) in [5.74, 6) is -3.32. The molecule has 216 valence electrons. The van der Waals surface area contributed by atoms with E-state index in [1.165, 1.54) is 23.2 Å². The van der Waals surface area contributed by atoms with Gasteiger partial charge < -0.3 is 19.8 Å². The Labute approximate surface area is 245 Å². The Bertz CT molecular complexity index is 2000. The molecule has 43 heavy (non-hydrogen) atoms. The van der Waals surface area contributed by atoms with Crippen LogP contribution in [0.15, 0.2) is 67.4 Å². The summed E-state index contributed by atoms with van der Waals surface area (Å²) in [6.45, 7) is 8.88. The van der Waals surface area contributed by atoms with Gasteiger partial charge in [0.05, 0.1) is 28.7 Å². The van der Waals surface area contributed by atoms with Gasteiger partial charge in [0.1, 0.15) is 0 Å². The fraction of sp³-hybridized carbons (Fsp3) is 0.156. The summed E-state index contributed by atoms with van der Waals surface area (Å²) in [7, 11) is 0. The number of rotatable bonds is 6. The number of ether oxygens (including phenoxy) is 1. The van der Waals surface area contributed by atoms with Crippen LogP contribution in [0.25, 0.3) is 27.9 Å². The fourth-order valence-corrected chi connectivity index (χ4v) is 5.51. The number of nitrogens with zero attached hydrogens (tertiary/aromatic N) is 5. The number of primary amides is 1. The zero-order valence-electron chi connectivity index (χ0n) is 23.6. The van der Waals surface area contributed by atoms with Crippen molar-refractivity contribution in [1.82, 2.24) is 19.4 Å². The fourth-order valence-electron chi connectivity index (χ4n) is 5.51. The molecule has 1 aliphatic heterocycles. The summed E-state index contributed by atoms with van der Waals surface area (Å²) in [5.41, 5.74) is 12.1. The van der Waals surface area contributed by atoms with Gasteiger partial charge in [-0.15, -0.1) is 0 Å². The van der Waals surface area contributed by atoms with E-state index in [4.69, 9.17) is 10.5 Å². The second kappa shape index (κ2) is 10.4. The van der Waals surface area contributed by atoms with Gasteiger partial charge in [0.15, 0.2) is 17.4 Å². The molecule has 0 aliphatic carbocycles. The second-order valence-electron chi connectivity index (χ2n) is 10.4. The Morgan fingerprint density at radius 3 is 2.56 bits per heavy atom. The number of hydrogen-bond donors (Lipinski definition) is 1. The Morgan fingerprint density at radius 1 is 1.07 bits per heavy atom. The van der Waals surface area contributed by atoms with Crippen LogP contribution in [0.2, 0.25) is 0 Å². The largest absolute Gasteiger partial charge is 0.421 e. The van der Waals surface area contributed by atoms with Crippen LogP contribution >= 0.6 is 0 Å². The summed E-state index contributed by atoms with van der Waals surface area (Å²) < 4.78 is 36.7. The molecule has 11 heteroatoms. The lowest BCUT2D eigenvalue weighted by Crippen LogP contribution is -2.28. The van der Waals surface area contributed by atoms with Crippen LogP contribution in [0.4, 0.5) is 14.5 Å². The van der Waals surface area contributed by atoms with Crippen molar-refractivity contribution in [2.75, 3.05) is 11.4 Å². The van der Waals surface area contributed by atoms with Gasteiger partial charge in [0.2, 0.25) is 0 Å². The van der Waals surface area contributed by atoms with Crippen LogP contribution in [0.5, 0.6) is 11.8 Å². The number of nitrogens with two attached hydrogens (primary N) is 1. The van der Waals surface area contributed by atoms with E-state index in [1.807, 2.05) is 24.3 Å². The van der Waals surface area contributed by atoms with Crippen LogP contribution in [0, 0.1) is 26.6 Å². The van der Waals surface area contributed by atoms with E-state index in [0.29, 0.717) is 52.4 Å². The number of hydrogen-bond acceptors (Lipinski definition) is 6. The third-order valence-corrected chi connectivity index (χ3v) is 7.44. The van der Waals surface area contributed by atoms with E-state index in [1.54, 1.807) is 37.5 Å². The zero-order valence-corrected chi connectivity index (χ0v) is 23.6. The van der Waals surface area contributed by atoms with Crippen LogP contribution in [0.1, 0.15) is 32.9 Å². The molecule has 9 nitrogen and oxygen atoms in total. The van der Waals surface area contributed by atoms with Crippen LogP contribution in [-0.4, -0.2) is 37.7 Å². The van der Waals surface area contributed by atoms with Gasteiger partial charge in [-0.25, -0.2) is 18.7 Å². The van der Waals surface area contributed by atoms with Crippen LogP contribution < -0.4 is 15.4 Å². The van der Waals surface area contributed by atoms with Crippen molar-refractivity contribution in [3.05, 3.63) is 101 Å². The predicted molar refractivity (Wildman–Crippen MR) is 157 cm³/mol. The molecular weight excluding hydrogens is 554 g/mol. The van der Waals surface area contributed by atoms with Gasteiger partial charge in [0.25, 0.3) is 11.8 Å². The first-order valence-electron chi connectivity index (χ1n) is 13.4. The van der Waals surface area contributed by atoms with E-state index >= 15 is 4.39 Å². The summed E-state index contributed by atoms with van der Waals surface area (Å²) in [6.07, 6.45) is 5.34. The summed E-state index contributed by atoms with van der Waals surface area (Å²) in [4.78, 5) is 39.3. The number of anilines is 1. The molecule has 2 amide bonds. The van der Waals surface area contributed by atoms with Crippen molar-refractivity contribution >= 4 is 23.0 Å². The minimum absolute atomic E-state index is 0.000976. The molecule has 0 saturated carbocycles. The molecule has 4 heterocycles. The highest BCUT2D eigenvalue weighted by Crippen LogP contribution is 2.44. The third kappa shape index (κ3) is 4.78. The number of carbonyl (C=O) groups is 2. The minimum atomic E-state index is -1.04. The molecule has 0 saturated heterocycles. The van der Waals surface area contributed by atoms with E-state index in [-0.39, 0.29) is 17.3 Å². The topological polar surface area (TPSA) is 116 Å². The summed E-state index contributed by atoms with van der Waals surface area (Å²) >= 11 is 0. The first-order chi connectivity index (χ1) is 20.5. The SMILES string of the molecule is C=C(F)C(=O)N1CCc2cc(-c3c(-c4ccc(Oc5nccc(C)n5)c(F)c4)c(C(N)=O)c4cnc(C)cn34)c(C)cc21. The van der Waals surface area contributed by atoms with E-state index in [0.717, 1.165) is 16.7 Å². The van der Waals surface area contributed by atoms with E-state index in [9.17, 15) is 14.0 Å². The molecule has 2 N–H and O–H groups in total. The van der Waals surface area contributed by atoms with Gasteiger partial charge in [-0.05, 0) is 74.2 Å². The molecule has 1 aliphatic rings. The molecule has 0 unspecified atom stereocenters. The molecule has 0 bridgehead atoms. The maximum atomic E-state index is 15.6. The van der Waals surface area contributed by atoms with Crippen molar-refractivity contribution in [1.29, 1.82) is 0 Å². The zero-order chi connectivity index (χ0) is 30.6. The number of halogens is 2. The van der Waals surface area contributed by atoms with Gasteiger partial charge in [0, 0.05) is 41.4 Å².